The number of nitrogens with zero attached hydrogens (tertiary/aromatic N) is 1. The van der Waals surface area contributed by atoms with E-state index in [0.29, 0.717) is 16.3 Å². The molecule has 0 aliphatic heterocycles. The van der Waals surface area contributed by atoms with Gasteiger partial charge in [0.15, 0.2) is 12.4 Å². The van der Waals surface area contributed by atoms with Crippen molar-refractivity contribution in [2.24, 2.45) is 0 Å². The van der Waals surface area contributed by atoms with Crippen LogP contribution in [-0.2, 0) is 0 Å². The van der Waals surface area contributed by atoms with Crippen molar-refractivity contribution in [3.8, 4) is 11.8 Å². The van der Waals surface area contributed by atoms with Gasteiger partial charge in [-0.3, -0.25) is 4.79 Å². The number of Topliss-reactive ketones (excluding diaryl/α,β-unsaturated/α-hetero) is 1. The van der Waals surface area contributed by atoms with E-state index in [0.717, 1.165) is 4.47 Å². The van der Waals surface area contributed by atoms with Crippen LogP contribution in [0.1, 0.15) is 15.9 Å². The zero-order chi connectivity index (χ0) is 14.5. The summed E-state index contributed by atoms with van der Waals surface area (Å²) in [5.41, 5.74) is 0.774. The SMILES string of the molecule is N#Cc1c(Cl)cccc1OCC(=O)c1cccc(Br)c1. The average Bonchev–Trinajstić information content (AvgIpc) is 2.44. The molecule has 20 heavy (non-hydrogen) atoms. The predicted molar refractivity (Wildman–Crippen MR) is 80.1 cm³/mol. The molecular formula is C15H9BrClNO2. The minimum absolute atomic E-state index is 0.147. The lowest BCUT2D eigenvalue weighted by atomic mass is 10.1. The second-order valence-corrected chi connectivity index (χ2v) is 5.27. The van der Waals surface area contributed by atoms with E-state index in [4.69, 9.17) is 21.6 Å². The fourth-order valence-corrected chi connectivity index (χ4v) is 2.23. The molecule has 2 aromatic rings. The van der Waals surface area contributed by atoms with Gasteiger partial charge >= 0.3 is 0 Å². The Hall–Kier alpha value is -1.83. The highest BCUT2D eigenvalue weighted by Gasteiger charge is 2.11. The molecule has 0 saturated heterocycles. The van der Waals surface area contributed by atoms with Gasteiger partial charge in [-0.2, -0.15) is 5.26 Å². The molecule has 0 N–H and O–H groups in total. The van der Waals surface area contributed by atoms with Crippen molar-refractivity contribution in [1.29, 1.82) is 5.26 Å². The minimum atomic E-state index is -0.171. The van der Waals surface area contributed by atoms with Crippen LogP contribution in [0.2, 0.25) is 5.02 Å². The van der Waals surface area contributed by atoms with Crippen LogP contribution in [0.3, 0.4) is 0 Å². The van der Waals surface area contributed by atoms with E-state index < -0.39 is 0 Å². The van der Waals surface area contributed by atoms with E-state index in [1.165, 1.54) is 0 Å². The van der Waals surface area contributed by atoms with Gasteiger partial charge in [-0.15, -0.1) is 0 Å². The molecule has 100 valence electrons. The summed E-state index contributed by atoms with van der Waals surface area (Å²) < 4.78 is 6.22. The standard InChI is InChI=1S/C15H9BrClNO2/c16-11-4-1-3-10(7-11)14(19)9-20-15-6-2-5-13(17)12(15)8-18/h1-7H,9H2. The van der Waals surface area contributed by atoms with Crippen molar-refractivity contribution in [3.05, 3.63) is 63.1 Å². The average molecular weight is 351 g/mol. The smallest absolute Gasteiger partial charge is 0.200 e. The molecule has 3 nitrogen and oxygen atoms in total. The van der Waals surface area contributed by atoms with Crippen LogP contribution in [-0.4, -0.2) is 12.4 Å². The van der Waals surface area contributed by atoms with E-state index >= 15 is 0 Å². The number of rotatable bonds is 4. The summed E-state index contributed by atoms with van der Waals surface area (Å²) in [6, 6.07) is 13.9. The van der Waals surface area contributed by atoms with Crippen LogP contribution in [0.15, 0.2) is 46.9 Å². The molecular weight excluding hydrogens is 342 g/mol. The maximum absolute atomic E-state index is 12.0. The molecule has 0 saturated carbocycles. The van der Waals surface area contributed by atoms with Gasteiger partial charge in [0.25, 0.3) is 0 Å². The van der Waals surface area contributed by atoms with E-state index in [-0.39, 0.29) is 18.0 Å². The van der Waals surface area contributed by atoms with Gasteiger partial charge in [0.2, 0.25) is 0 Å². The number of nitriles is 1. The molecule has 0 heterocycles. The fourth-order valence-electron chi connectivity index (χ4n) is 1.62. The van der Waals surface area contributed by atoms with Crippen molar-refractivity contribution in [2.45, 2.75) is 0 Å². The van der Waals surface area contributed by atoms with Gasteiger partial charge in [0.1, 0.15) is 17.4 Å². The van der Waals surface area contributed by atoms with Crippen LogP contribution in [0, 0.1) is 11.3 Å². The third kappa shape index (κ3) is 3.38. The van der Waals surface area contributed by atoms with Crippen LogP contribution >= 0.6 is 27.5 Å². The Labute approximate surface area is 129 Å². The first-order valence-electron chi connectivity index (χ1n) is 5.72. The van der Waals surface area contributed by atoms with Crippen molar-refractivity contribution in [2.75, 3.05) is 6.61 Å². The van der Waals surface area contributed by atoms with E-state index in [2.05, 4.69) is 15.9 Å². The van der Waals surface area contributed by atoms with E-state index in [1.807, 2.05) is 12.1 Å². The minimum Gasteiger partial charge on any atom is -0.484 e. The molecule has 0 aromatic heterocycles. The first-order valence-corrected chi connectivity index (χ1v) is 6.89. The Morgan fingerprint density at radius 1 is 1.30 bits per heavy atom. The predicted octanol–water partition coefficient (Wildman–Crippen LogP) is 4.24. The molecule has 0 bridgehead atoms. The molecule has 2 aromatic carbocycles. The number of hydrogen-bond acceptors (Lipinski definition) is 3. The number of hydrogen-bond donors (Lipinski definition) is 0. The molecule has 0 fully saturated rings. The van der Waals surface area contributed by atoms with Crippen molar-refractivity contribution in [1.82, 2.24) is 0 Å². The second kappa shape index (κ2) is 6.56. The van der Waals surface area contributed by atoms with Crippen molar-refractivity contribution < 1.29 is 9.53 Å². The normalized spacial score (nSPS) is 9.85. The highest BCUT2D eigenvalue weighted by atomic mass is 79.9. The zero-order valence-corrected chi connectivity index (χ0v) is 12.6. The molecule has 5 heteroatoms. The summed E-state index contributed by atoms with van der Waals surface area (Å²) in [4.78, 5) is 12.0. The molecule has 0 spiro atoms. The Morgan fingerprint density at radius 3 is 2.75 bits per heavy atom. The lowest BCUT2D eigenvalue weighted by molar-refractivity contribution is 0.0921. The molecule has 2 rings (SSSR count). The van der Waals surface area contributed by atoms with Gasteiger partial charge in [0.05, 0.1) is 5.02 Å². The van der Waals surface area contributed by atoms with Crippen molar-refractivity contribution in [3.63, 3.8) is 0 Å². The number of ether oxygens (including phenoxy) is 1. The third-order valence-electron chi connectivity index (χ3n) is 2.59. The highest BCUT2D eigenvalue weighted by molar-refractivity contribution is 9.10. The largest absolute Gasteiger partial charge is 0.484 e. The van der Waals surface area contributed by atoms with Gasteiger partial charge in [-0.25, -0.2) is 0 Å². The molecule has 0 amide bonds. The van der Waals surface area contributed by atoms with E-state index in [9.17, 15) is 4.79 Å². The Morgan fingerprint density at radius 2 is 2.05 bits per heavy atom. The third-order valence-corrected chi connectivity index (χ3v) is 3.40. The highest BCUT2D eigenvalue weighted by Crippen LogP contribution is 2.25. The fraction of sp³-hybridized carbons (Fsp3) is 0.0667. The summed E-state index contributed by atoms with van der Waals surface area (Å²) in [6.45, 7) is -0.147. The maximum Gasteiger partial charge on any atom is 0.200 e. The number of halogens is 2. The quantitative estimate of drug-likeness (QED) is 0.775. The molecule has 0 aliphatic rings. The lowest BCUT2D eigenvalue weighted by Crippen LogP contribution is -2.12. The number of carbonyl (C=O) groups is 1. The number of carbonyl (C=O) groups excluding carboxylic acids is 1. The first kappa shape index (κ1) is 14.6. The van der Waals surface area contributed by atoms with Crippen LogP contribution in [0.5, 0.6) is 5.75 Å². The Kier molecular flexibility index (Phi) is 4.78. The van der Waals surface area contributed by atoms with Gasteiger partial charge in [-0.1, -0.05) is 45.7 Å². The van der Waals surface area contributed by atoms with Crippen molar-refractivity contribution >= 4 is 33.3 Å². The number of ketones is 1. The summed E-state index contributed by atoms with van der Waals surface area (Å²) in [7, 11) is 0. The van der Waals surface area contributed by atoms with Crippen LogP contribution in [0.25, 0.3) is 0 Å². The van der Waals surface area contributed by atoms with Crippen LogP contribution in [0.4, 0.5) is 0 Å². The second-order valence-electron chi connectivity index (χ2n) is 3.95. The zero-order valence-electron chi connectivity index (χ0n) is 10.3. The summed E-state index contributed by atoms with van der Waals surface area (Å²) in [6.07, 6.45) is 0. The summed E-state index contributed by atoms with van der Waals surface area (Å²) in [5, 5.41) is 9.32. The molecule has 0 unspecified atom stereocenters. The first-order chi connectivity index (χ1) is 9.61. The van der Waals surface area contributed by atoms with Crippen LogP contribution < -0.4 is 4.74 Å². The number of benzene rings is 2. The molecule has 0 radical (unpaired) electrons. The molecule has 0 atom stereocenters. The summed E-state index contributed by atoms with van der Waals surface area (Å²) >= 11 is 9.19. The Balaban J connectivity index is 2.12. The Bertz CT molecular complexity index is 695. The molecule has 0 aliphatic carbocycles. The maximum atomic E-state index is 12.0. The summed E-state index contributed by atoms with van der Waals surface area (Å²) in [5.74, 6) is 0.138. The van der Waals surface area contributed by atoms with Gasteiger partial charge < -0.3 is 4.74 Å². The van der Waals surface area contributed by atoms with E-state index in [1.54, 1.807) is 36.4 Å². The van der Waals surface area contributed by atoms with Gasteiger partial charge in [0, 0.05) is 10.0 Å². The lowest BCUT2D eigenvalue weighted by Gasteiger charge is -2.08. The van der Waals surface area contributed by atoms with Gasteiger partial charge in [-0.05, 0) is 24.3 Å². The topological polar surface area (TPSA) is 50.1 Å². The monoisotopic (exact) mass is 349 g/mol.